The molecule has 2 aromatic rings. The highest BCUT2D eigenvalue weighted by Gasteiger charge is 2.27. The summed E-state index contributed by atoms with van der Waals surface area (Å²) < 4.78 is 5.90. The van der Waals surface area contributed by atoms with Crippen molar-refractivity contribution >= 4 is 5.91 Å². The first-order chi connectivity index (χ1) is 12.6. The molecule has 136 valence electrons. The highest BCUT2D eigenvalue weighted by atomic mass is 16.5. The minimum atomic E-state index is -0.189. The van der Waals surface area contributed by atoms with E-state index in [1.54, 1.807) is 0 Å². The Bertz CT molecular complexity index is 814. The van der Waals surface area contributed by atoms with Crippen LogP contribution in [0.2, 0.25) is 0 Å². The number of hydrogen-bond donors (Lipinski definition) is 0. The fourth-order valence-corrected chi connectivity index (χ4v) is 3.97. The lowest BCUT2D eigenvalue weighted by molar-refractivity contribution is -0.0248. The molecule has 2 aliphatic rings. The molecule has 1 aliphatic carbocycles. The molecule has 0 bridgehead atoms. The lowest BCUT2D eigenvalue weighted by Crippen LogP contribution is -2.42. The van der Waals surface area contributed by atoms with E-state index in [1.807, 2.05) is 30.9 Å². The first kappa shape index (κ1) is 17.2. The Balaban J connectivity index is 1.53. The third-order valence-electron chi connectivity index (χ3n) is 5.26. The molecule has 5 heteroatoms. The minimum Gasteiger partial charge on any atom is -0.368 e. The number of rotatable bonds is 2. The SMILES string of the molecule is Cc1cc([C@H]2CN(C(=O)c3ccc4c(c3)CCCC4)CCO2)nc(C)n1. The molecule has 0 spiro atoms. The van der Waals surface area contributed by atoms with Crippen molar-refractivity contribution in [2.45, 2.75) is 45.6 Å². The van der Waals surface area contributed by atoms with Crippen LogP contribution < -0.4 is 0 Å². The van der Waals surface area contributed by atoms with Gasteiger partial charge < -0.3 is 9.64 Å². The van der Waals surface area contributed by atoms with E-state index in [9.17, 15) is 4.79 Å². The molecule has 0 saturated carbocycles. The van der Waals surface area contributed by atoms with Gasteiger partial charge in [-0.05, 0) is 68.9 Å². The quantitative estimate of drug-likeness (QED) is 0.834. The van der Waals surface area contributed by atoms with Crippen molar-refractivity contribution in [3.05, 3.63) is 58.2 Å². The maximum absolute atomic E-state index is 13.0. The van der Waals surface area contributed by atoms with Crippen LogP contribution in [-0.4, -0.2) is 40.5 Å². The summed E-state index contributed by atoms with van der Waals surface area (Å²) in [5.41, 5.74) is 5.32. The van der Waals surface area contributed by atoms with Gasteiger partial charge >= 0.3 is 0 Å². The molecule has 1 saturated heterocycles. The zero-order valence-electron chi connectivity index (χ0n) is 15.5. The number of morpholine rings is 1. The van der Waals surface area contributed by atoms with E-state index >= 15 is 0 Å². The largest absolute Gasteiger partial charge is 0.368 e. The van der Waals surface area contributed by atoms with E-state index in [-0.39, 0.29) is 12.0 Å². The van der Waals surface area contributed by atoms with Crippen LogP contribution in [0.15, 0.2) is 24.3 Å². The Morgan fingerprint density at radius 3 is 2.73 bits per heavy atom. The highest BCUT2D eigenvalue weighted by molar-refractivity contribution is 5.94. The number of benzene rings is 1. The molecule has 1 aliphatic heterocycles. The van der Waals surface area contributed by atoms with Crippen LogP contribution in [0.25, 0.3) is 0 Å². The number of fused-ring (bicyclic) bond motifs is 1. The molecule has 4 rings (SSSR count). The number of amides is 1. The van der Waals surface area contributed by atoms with E-state index in [0.717, 1.165) is 35.6 Å². The molecule has 5 nitrogen and oxygen atoms in total. The van der Waals surface area contributed by atoms with Gasteiger partial charge in [0.15, 0.2) is 0 Å². The van der Waals surface area contributed by atoms with E-state index in [2.05, 4.69) is 22.1 Å². The summed E-state index contributed by atoms with van der Waals surface area (Å²) in [4.78, 5) is 23.8. The van der Waals surface area contributed by atoms with E-state index < -0.39 is 0 Å². The average molecular weight is 351 g/mol. The van der Waals surface area contributed by atoms with Crippen LogP contribution in [0.4, 0.5) is 0 Å². The van der Waals surface area contributed by atoms with E-state index in [1.165, 1.54) is 24.0 Å². The molecule has 0 radical (unpaired) electrons. The first-order valence-electron chi connectivity index (χ1n) is 9.45. The maximum Gasteiger partial charge on any atom is 0.254 e. The van der Waals surface area contributed by atoms with Crippen molar-refractivity contribution in [1.29, 1.82) is 0 Å². The van der Waals surface area contributed by atoms with Crippen LogP contribution in [0.1, 0.15) is 57.6 Å². The zero-order chi connectivity index (χ0) is 18.1. The van der Waals surface area contributed by atoms with Crippen molar-refractivity contribution < 1.29 is 9.53 Å². The van der Waals surface area contributed by atoms with Gasteiger partial charge in [0.2, 0.25) is 0 Å². The number of aryl methyl sites for hydroxylation is 4. The van der Waals surface area contributed by atoms with Gasteiger partial charge in [0, 0.05) is 17.8 Å². The summed E-state index contributed by atoms with van der Waals surface area (Å²) in [6.45, 7) is 5.52. The molecule has 0 unspecified atom stereocenters. The summed E-state index contributed by atoms with van der Waals surface area (Å²) in [6, 6.07) is 8.16. The lowest BCUT2D eigenvalue weighted by Gasteiger charge is -2.33. The van der Waals surface area contributed by atoms with Crippen molar-refractivity contribution in [2.24, 2.45) is 0 Å². The van der Waals surface area contributed by atoms with Gasteiger partial charge in [-0.2, -0.15) is 0 Å². The lowest BCUT2D eigenvalue weighted by atomic mass is 9.90. The predicted molar refractivity (Wildman–Crippen MR) is 99.2 cm³/mol. The molecule has 1 atom stereocenters. The molecule has 1 amide bonds. The van der Waals surface area contributed by atoms with Gasteiger partial charge in [-0.15, -0.1) is 0 Å². The molecule has 0 N–H and O–H groups in total. The molecule has 1 fully saturated rings. The summed E-state index contributed by atoms with van der Waals surface area (Å²) in [5.74, 6) is 0.830. The second-order valence-corrected chi connectivity index (χ2v) is 7.28. The number of hydrogen-bond acceptors (Lipinski definition) is 4. The number of aromatic nitrogens is 2. The molecule has 26 heavy (non-hydrogen) atoms. The van der Waals surface area contributed by atoms with Gasteiger partial charge in [-0.3, -0.25) is 4.79 Å². The number of nitrogens with zero attached hydrogens (tertiary/aromatic N) is 3. The summed E-state index contributed by atoms with van der Waals surface area (Å²) in [5, 5.41) is 0. The van der Waals surface area contributed by atoms with Crippen molar-refractivity contribution in [2.75, 3.05) is 19.7 Å². The first-order valence-corrected chi connectivity index (χ1v) is 9.45. The van der Waals surface area contributed by atoms with Gasteiger partial charge in [0.25, 0.3) is 5.91 Å². The van der Waals surface area contributed by atoms with Crippen LogP contribution in [-0.2, 0) is 17.6 Å². The smallest absolute Gasteiger partial charge is 0.254 e. The zero-order valence-corrected chi connectivity index (χ0v) is 15.5. The average Bonchev–Trinajstić information content (AvgIpc) is 2.66. The Morgan fingerprint density at radius 2 is 1.92 bits per heavy atom. The predicted octanol–water partition coefficient (Wildman–Crippen LogP) is 3.19. The van der Waals surface area contributed by atoms with Gasteiger partial charge in [-0.1, -0.05) is 6.07 Å². The molecular formula is C21H25N3O2. The summed E-state index contributed by atoms with van der Waals surface area (Å²) >= 11 is 0. The number of ether oxygens (including phenoxy) is 1. The third kappa shape index (κ3) is 3.49. The van der Waals surface area contributed by atoms with Gasteiger partial charge in [-0.25, -0.2) is 9.97 Å². The number of carbonyl (C=O) groups excluding carboxylic acids is 1. The van der Waals surface area contributed by atoms with Crippen molar-refractivity contribution in [3.63, 3.8) is 0 Å². The number of carbonyl (C=O) groups is 1. The van der Waals surface area contributed by atoms with E-state index in [0.29, 0.717) is 19.7 Å². The third-order valence-corrected chi connectivity index (χ3v) is 5.26. The fraction of sp³-hybridized carbons (Fsp3) is 0.476. The minimum absolute atomic E-state index is 0.0918. The van der Waals surface area contributed by atoms with Crippen LogP contribution in [0, 0.1) is 13.8 Å². The van der Waals surface area contributed by atoms with Crippen molar-refractivity contribution in [1.82, 2.24) is 14.9 Å². The Labute approximate surface area is 154 Å². The summed E-state index contributed by atoms with van der Waals surface area (Å²) in [7, 11) is 0. The Hall–Kier alpha value is -2.27. The Kier molecular flexibility index (Phi) is 4.72. The summed E-state index contributed by atoms with van der Waals surface area (Å²) in [6.07, 6.45) is 4.50. The second kappa shape index (κ2) is 7.16. The van der Waals surface area contributed by atoms with Crippen LogP contribution >= 0.6 is 0 Å². The van der Waals surface area contributed by atoms with Crippen molar-refractivity contribution in [3.8, 4) is 0 Å². The molecular weight excluding hydrogens is 326 g/mol. The normalized spacial score (nSPS) is 19.9. The topological polar surface area (TPSA) is 55.3 Å². The maximum atomic E-state index is 13.0. The second-order valence-electron chi connectivity index (χ2n) is 7.28. The standard InChI is InChI=1S/C21H25N3O2/c1-14-11-19(23-15(2)22-14)20-13-24(9-10-26-20)21(25)18-8-7-16-5-3-4-6-17(16)12-18/h7-8,11-12,20H,3-6,9-10,13H2,1-2H3/t20-/m1/s1. The van der Waals surface area contributed by atoms with Gasteiger partial charge in [0.1, 0.15) is 11.9 Å². The van der Waals surface area contributed by atoms with Crippen LogP contribution in [0.5, 0.6) is 0 Å². The van der Waals surface area contributed by atoms with Gasteiger partial charge in [0.05, 0.1) is 18.8 Å². The highest BCUT2D eigenvalue weighted by Crippen LogP contribution is 2.25. The van der Waals surface area contributed by atoms with Crippen LogP contribution in [0.3, 0.4) is 0 Å². The molecule has 2 heterocycles. The monoisotopic (exact) mass is 351 g/mol. The fourth-order valence-electron chi connectivity index (χ4n) is 3.97. The molecule has 1 aromatic heterocycles. The molecule has 1 aromatic carbocycles. The van der Waals surface area contributed by atoms with E-state index in [4.69, 9.17) is 4.74 Å². The Morgan fingerprint density at radius 1 is 1.12 bits per heavy atom.